The van der Waals surface area contributed by atoms with Crippen LogP contribution < -0.4 is 16.2 Å². The Morgan fingerprint density at radius 3 is 2.42 bits per heavy atom. The standard InChI is InChI=1S/C16H20N2O/c1-10-11(2)15(19-3)8-7-14(10)16(18)12-5-4-6-13(17)9-12/h4-9,16H,17-18H2,1-3H3. The van der Waals surface area contributed by atoms with Gasteiger partial charge in [0.1, 0.15) is 5.75 Å². The topological polar surface area (TPSA) is 61.3 Å². The van der Waals surface area contributed by atoms with Gasteiger partial charge in [0, 0.05) is 5.69 Å². The van der Waals surface area contributed by atoms with E-state index < -0.39 is 0 Å². The van der Waals surface area contributed by atoms with Gasteiger partial charge in [-0.2, -0.15) is 0 Å². The van der Waals surface area contributed by atoms with Crippen LogP contribution in [0.2, 0.25) is 0 Å². The summed E-state index contributed by atoms with van der Waals surface area (Å²) in [5, 5.41) is 0. The lowest BCUT2D eigenvalue weighted by Crippen LogP contribution is -2.14. The van der Waals surface area contributed by atoms with E-state index in [1.807, 2.05) is 43.3 Å². The van der Waals surface area contributed by atoms with Gasteiger partial charge in [-0.15, -0.1) is 0 Å². The maximum absolute atomic E-state index is 6.35. The van der Waals surface area contributed by atoms with Gasteiger partial charge in [0.15, 0.2) is 0 Å². The van der Waals surface area contributed by atoms with Gasteiger partial charge in [0.05, 0.1) is 13.2 Å². The average Bonchev–Trinajstić information content (AvgIpc) is 2.41. The molecule has 0 radical (unpaired) electrons. The van der Waals surface area contributed by atoms with E-state index in [2.05, 4.69) is 6.92 Å². The summed E-state index contributed by atoms with van der Waals surface area (Å²) < 4.78 is 5.32. The molecule has 2 aromatic rings. The van der Waals surface area contributed by atoms with Crippen LogP contribution in [0.15, 0.2) is 36.4 Å². The molecular formula is C16H20N2O. The number of methoxy groups -OCH3 is 1. The minimum Gasteiger partial charge on any atom is -0.496 e. The fourth-order valence-electron chi connectivity index (χ4n) is 2.31. The number of benzene rings is 2. The molecular weight excluding hydrogens is 236 g/mol. The molecule has 0 saturated heterocycles. The van der Waals surface area contributed by atoms with E-state index >= 15 is 0 Å². The van der Waals surface area contributed by atoms with Crippen LogP contribution in [-0.2, 0) is 0 Å². The molecule has 2 rings (SSSR count). The summed E-state index contributed by atoms with van der Waals surface area (Å²) >= 11 is 0. The number of nitrogens with two attached hydrogens (primary N) is 2. The molecule has 0 amide bonds. The predicted molar refractivity (Wildman–Crippen MR) is 79.4 cm³/mol. The van der Waals surface area contributed by atoms with E-state index in [1.54, 1.807) is 7.11 Å². The largest absolute Gasteiger partial charge is 0.496 e. The molecule has 1 atom stereocenters. The first-order valence-corrected chi connectivity index (χ1v) is 6.29. The zero-order valence-corrected chi connectivity index (χ0v) is 11.6. The molecule has 0 aliphatic rings. The zero-order valence-electron chi connectivity index (χ0n) is 11.6. The summed E-state index contributed by atoms with van der Waals surface area (Å²) in [4.78, 5) is 0. The summed E-state index contributed by atoms with van der Waals surface area (Å²) in [6, 6.07) is 11.5. The van der Waals surface area contributed by atoms with Crippen molar-refractivity contribution in [3.63, 3.8) is 0 Å². The van der Waals surface area contributed by atoms with Crippen LogP contribution in [0.25, 0.3) is 0 Å². The molecule has 3 nitrogen and oxygen atoms in total. The highest BCUT2D eigenvalue weighted by molar-refractivity contribution is 5.49. The van der Waals surface area contributed by atoms with Crippen molar-refractivity contribution in [2.45, 2.75) is 19.9 Å². The first-order chi connectivity index (χ1) is 9.04. The second kappa shape index (κ2) is 5.33. The lowest BCUT2D eigenvalue weighted by atomic mass is 9.92. The van der Waals surface area contributed by atoms with Gasteiger partial charge in [0.2, 0.25) is 0 Å². The van der Waals surface area contributed by atoms with Crippen LogP contribution in [-0.4, -0.2) is 7.11 Å². The van der Waals surface area contributed by atoms with E-state index in [-0.39, 0.29) is 6.04 Å². The van der Waals surface area contributed by atoms with Crippen molar-refractivity contribution in [2.75, 3.05) is 12.8 Å². The van der Waals surface area contributed by atoms with Gasteiger partial charge in [-0.25, -0.2) is 0 Å². The van der Waals surface area contributed by atoms with Gasteiger partial charge >= 0.3 is 0 Å². The zero-order chi connectivity index (χ0) is 14.0. The number of nitrogen functional groups attached to an aromatic ring is 1. The average molecular weight is 256 g/mol. The third-order valence-corrected chi connectivity index (χ3v) is 3.60. The molecule has 1 unspecified atom stereocenters. The summed E-state index contributed by atoms with van der Waals surface area (Å²) in [5.74, 6) is 0.890. The van der Waals surface area contributed by atoms with Gasteiger partial charge < -0.3 is 16.2 Å². The van der Waals surface area contributed by atoms with Crippen LogP contribution in [0.4, 0.5) is 5.69 Å². The van der Waals surface area contributed by atoms with E-state index in [0.29, 0.717) is 0 Å². The van der Waals surface area contributed by atoms with Crippen molar-refractivity contribution >= 4 is 5.69 Å². The quantitative estimate of drug-likeness (QED) is 0.830. The Hall–Kier alpha value is -2.00. The van der Waals surface area contributed by atoms with Crippen molar-refractivity contribution in [3.05, 3.63) is 58.7 Å². The van der Waals surface area contributed by atoms with Gasteiger partial charge in [-0.1, -0.05) is 18.2 Å². The molecule has 0 spiro atoms. The highest BCUT2D eigenvalue weighted by atomic mass is 16.5. The molecule has 4 N–H and O–H groups in total. The molecule has 0 aromatic heterocycles. The molecule has 0 heterocycles. The minimum absolute atomic E-state index is 0.173. The van der Waals surface area contributed by atoms with E-state index in [9.17, 15) is 0 Å². The van der Waals surface area contributed by atoms with Crippen LogP contribution in [0.5, 0.6) is 5.75 Å². The monoisotopic (exact) mass is 256 g/mol. The van der Waals surface area contributed by atoms with Crippen molar-refractivity contribution < 1.29 is 4.74 Å². The van der Waals surface area contributed by atoms with Gasteiger partial charge in [-0.05, 0) is 54.3 Å². The van der Waals surface area contributed by atoms with E-state index in [4.69, 9.17) is 16.2 Å². The Kier molecular flexibility index (Phi) is 3.76. The third kappa shape index (κ3) is 2.56. The van der Waals surface area contributed by atoms with Crippen LogP contribution >= 0.6 is 0 Å². The summed E-state index contributed by atoms with van der Waals surface area (Å²) in [7, 11) is 1.68. The fourth-order valence-corrected chi connectivity index (χ4v) is 2.31. The summed E-state index contributed by atoms with van der Waals surface area (Å²) in [6.45, 7) is 4.11. The SMILES string of the molecule is COc1ccc(C(N)c2cccc(N)c2)c(C)c1C. The van der Waals surface area contributed by atoms with E-state index in [0.717, 1.165) is 33.7 Å². The summed E-state index contributed by atoms with van der Waals surface area (Å²) in [6.07, 6.45) is 0. The minimum atomic E-state index is -0.173. The first kappa shape index (κ1) is 13.4. The van der Waals surface area contributed by atoms with Crippen molar-refractivity contribution in [1.29, 1.82) is 0 Å². The second-order valence-electron chi connectivity index (χ2n) is 4.75. The van der Waals surface area contributed by atoms with Crippen molar-refractivity contribution in [1.82, 2.24) is 0 Å². The number of hydrogen-bond acceptors (Lipinski definition) is 3. The molecule has 3 heteroatoms. The Balaban J connectivity index is 2.45. The van der Waals surface area contributed by atoms with Crippen molar-refractivity contribution in [2.24, 2.45) is 5.73 Å². The molecule has 0 aliphatic carbocycles. The molecule has 2 aromatic carbocycles. The van der Waals surface area contributed by atoms with E-state index in [1.165, 1.54) is 0 Å². The maximum Gasteiger partial charge on any atom is 0.122 e. The second-order valence-corrected chi connectivity index (χ2v) is 4.75. The highest BCUT2D eigenvalue weighted by Crippen LogP contribution is 2.30. The molecule has 100 valence electrons. The highest BCUT2D eigenvalue weighted by Gasteiger charge is 2.14. The number of rotatable bonds is 3. The molecule has 0 bridgehead atoms. The fraction of sp³-hybridized carbons (Fsp3) is 0.250. The summed E-state index contributed by atoms with van der Waals surface area (Å²) in [5.41, 5.74) is 17.3. The maximum atomic E-state index is 6.35. The lowest BCUT2D eigenvalue weighted by Gasteiger charge is -2.18. The van der Waals surface area contributed by atoms with Crippen LogP contribution in [0.1, 0.15) is 28.3 Å². The number of anilines is 1. The van der Waals surface area contributed by atoms with Gasteiger partial charge in [-0.3, -0.25) is 0 Å². The Bertz CT molecular complexity index is 593. The third-order valence-electron chi connectivity index (χ3n) is 3.60. The Labute approximate surface area is 114 Å². The number of hydrogen-bond donors (Lipinski definition) is 2. The van der Waals surface area contributed by atoms with Crippen LogP contribution in [0, 0.1) is 13.8 Å². The smallest absolute Gasteiger partial charge is 0.122 e. The Morgan fingerprint density at radius 2 is 1.79 bits per heavy atom. The van der Waals surface area contributed by atoms with Crippen LogP contribution in [0.3, 0.4) is 0 Å². The number of ether oxygens (including phenoxy) is 1. The first-order valence-electron chi connectivity index (χ1n) is 6.29. The lowest BCUT2D eigenvalue weighted by molar-refractivity contribution is 0.411. The normalized spacial score (nSPS) is 12.2. The Morgan fingerprint density at radius 1 is 1.05 bits per heavy atom. The van der Waals surface area contributed by atoms with Gasteiger partial charge in [0.25, 0.3) is 0 Å². The van der Waals surface area contributed by atoms with Crippen molar-refractivity contribution in [3.8, 4) is 5.75 Å². The molecule has 0 saturated carbocycles. The molecule has 0 fully saturated rings. The molecule has 0 aliphatic heterocycles. The molecule has 19 heavy (non-hydrogen) atoms. The predicted octanol–water partition coefficient (Wildman–Crippen LogP) is 2.94.